The van der Waals surface area contributed by atoms with Gasteiger partial charge in [-0.25, -0.2) is 0 Å². The fourth-order valence-electron chi connectivity index (χ4n) is 0.134. The second-order valence-corrected chi connectivity index (χ2v) is 3.01. The lowest BCUT2D eigenvalue weighted by Crippen LogP contribution is -1.63. The maximum Gasteiger partial charge on any atom is 0.722 e. The summed E-state index contributed by atoms with van der Waals surface area (Å²) < 4.78 is 19.2. The van der Waals surface area contributed by atoms with E-state index in [2.05, 4.69) is 7.94 Å². The number of hydrogen-bond donors (Lipinski definition) is 0. The highest BCUT2D eigenvalue weighted by atomic mass is 32.2. The van der Waals surface area contributed by atoms with Crippen molar-refractivity contribution in [3.63, 3.8) is 0 Å². The summed E-state index contributed by atoms with van der Waals surface area (Å²) in [6.45, 7) is 0. The molecule has 0 fully saturated rings. The van der Waals surface area contributed by atoms with Crippen LogP contribution in [0.25, 0.3) is 0 Å². The molecule has 0 atom stereocenters. The Hall–Kier alpha value is 0.720. The minimum atomic E-state index is -1.90. The van der Waals surface area contributed by atoms with Crippen molar-refractivity contribution in [2.45, 2.75) is 0 Å². The van der Waals surface area contributed by atoms with E-state index < -0.39 is 8.25 Å². The summed E-state index contributed by atoms with van der Waals surface area (Å²) in [6, 6.07) is 0. The zero-order valence-corrected chi connectivity index (χ0v) is 7.02. The number of rotatable bonds is 4. The molecule has 0 aliphatic rings. The van der Waals surface area contributed by atoms with Gasteiger partial charge in [-0.15, -0.1) is 0 Å². The summed E-state index contributed by atoms with van der Waals surface area (Å²) in [5, 5.41) is 0. The van der Waals surface area contributed by atoms with Crippen LogP contribution >= 0.6 is 32.3 Å². The Bertz CT molecular complexity index is 69.7. The van der Waals surface area contributed by atoms with Crippen molar-refractivity contribution in [3.05, 3.63) is 0 Å². The Balaban J connectivity index is 3.06. The zero-order chi connectivity index (χ0) is 6.41. The second-order valence-electron chi connectivity index (χ2n) is 0.706. The molecule has 8 heavy (non-hydrogen) atoms. The third kappa shape index (κ3) is 4.87. The van der Waals surface area contributed by atoms with Gasteiger partial charge in [0.25, 0.3) is 0 Å². The van der Waals surface area contributed by atoms with Gasteiger partial charge in [-0.2, -0.15) is 0 Å². The van der Waals surface area contributed by atoms with Crippen molar-refractivity contribution in [3.8, 4) is 0 Å². The van der Waals surface area contributed by atoms with E-state index in [1.165, 1.54) is 0 Å². The molecule has 6 heteroatoms. The summed E-state index contributed by atoms with van der Waals surface area (Å²) in [7, 11) is -1.90. The topological polar surface area (TPSA) is 35.5 Å². The second kappa shape index (κ2) is 5.85. The average molecular weight is 173 g/mol. The molecule has 0 saturated heterocycles. The summed E-state index contributed by atoms with van der Waals surface area (Å²) in [4.78, 5) is 0. The molecule has 0 heterocycles. The van der Waals surface area contributed by atoms with Crippen molar-refractivity contribution in [2.24, 2.45) is 0 Å². The van der Waals surface area contributed by atoms with Gasteiger partial charge in [0.1, 0.15) is 0 Å². The molecule has 0 aromatic rings. The molecule has 0 aliphatic carbocycles. The van der Waals surface area contributed by atoms with Crippen LogP contribution in [0.15, 0.2) is 0 Å². The molecule has 3 nitrogen and oxygen atoms in total. The first-order valence-electron chi connectivity index (χ1n) is 1.70. The van der Waals surface area contributed by atoms with Crippen molar-refractivity contribution >= 4 is 32.3 Å². The zero-order valence-electron chi connectivity index (χ0n) is 4.49. The van der Waals surface area contributed by atoms with Crippen molar-refractivity contribution in [1.82, 2.24) is 0 Å². The largest absolute Gasteiger partial charge is 0.722 e. The van der Waals surface area contributed by atoms with Gasteiger partial charge in [0.05, 0.1) is 24.1 Å². The quantitative estimate of drug-likeness (QED) is 0.481. The van der Waals surface area contributed by atoms with Gasteiger partial charge in [-0.05, 0) is 7.94 Å². The lowest BCUT2D eigenvalue weighted by molar-refractivity contribution is 0.464. The summed E-state index contributed by atoms with van der Waals surface area (Å²) in [5.41, 5.74) is 0. The van der Waals surface area contributed by atoms with Crippen LogP contribution in [0, 0.1) is 0 Å². The minimum absolute atomic E-state index is 1.03. The normalized spacial score (nSPS) is 9.25. The highest BCUT2D eigenvalue weighted by molar-refractivity contribution is 7.99. The molecule has 0 saturated carbocycles. The predicted molar refractivity (Wildman–Crippen MR) is 36.8 cm³/mol. The van der Waals surface area contributed by atoms with E-state index in [1.54, 1.807) is 12.5 Å². The maximum atomic E-state index is 10.3. The molecule has 0 amide bonds. The SMILES string of the molecule is CSO[P+](=O)OSC. The summed E-state index contributed by atoms with van der Waals surface area (Å²) >= 11 is 2.06. The average Bonchev–Trinajstić information content (AvgIpc) is 1.68. The van der Waals surface area contributed by atoms with Crippen LogP contribution in [0.1, 0.15) is 0 Å². The fraction of sp³-hybridized carbons (Fsp3) is 1.00. The van der Waals surface area contributed by atoms with Crippen LogP contribution < -0.4 is 0 Å². The molecule has 0 rings (SSSR count). The lowest BCUT2D eigenvalue weighted by atomic mass is 12.0. The first-order valence-corrected chi connectivity index (χ1v) is 5.09. The Morgan fingerprint density at radius 1 is 1.25 bits per heavy atom. The summed E-state index contributed by atoms with van der Waals surface area (Å²) in [6.07, 6.45) is 3.36. The highest BCUT2D eigenvalue weighted by Gasteiger charge is 2.19. The summed E-state index contributed by atoms with van der Waals surface area (Å²) in [5.74, 6) is 0. The molecule has 0 spiro atoms. The van der Waals surface area contributed by atoms with Crippen molar-refractivity contribution in [1.29, 1.82) is 0 Å². The smallest absolute Gasteiger partial charge is 0.0443 e. The third-order valence-electron chi connectivity index (χ3n) is 0.271. The molecular formula is C2H6O3PS2+. The van der Waals surface area contributed by atoms with Crippen LogP contribution in [0.4, 0.5) is 0 Å². The Labute approximate surface area is 57.9 Å². The van der Waals surface area contributed by atoms with E-state index in [-0.39, 0.29) is 0 Å². The van der Waals surface area contributed by atoms with Gasteiger partial charge in [-0.1, -0.05) is 0 Å². The maximum absolute atomic E-state index is 10.3. The number of hydrogen-bond acceptors (Lipinski definition) is 5. The van der Waals surface area contributed by atoms with Crippen molar-refractivity contribution in [2.75, 3.05) is 12.5 Å². The van der Waals surface area contributed by atoms with E-state index in [0.29, 0.717) is 0 Å². The molecule has 0 aromatic carbocycles. The van der Waals surface area contributed by atoms with Crippen LogP contribution in [0.2, 0.25) is 0 Å². The van der Waals surface area contributed by atoms with Gasteiger partial charge < -0.3 is 0 Å². The van der Waals surface area contributed by atoms with Crippen LogP contribution in [0.3, 0.4) is 0 Å². The van der Waals surface area contributed by atoms with Gasteiger partial charge >= 0.3 is 8.25 Å². The van der Waals surface area contributed by atoms with Crippen LogP contribution in [-0.2, 0) is 12.5 Å². The van der Waals surface area contributed by atoms with Gasteiger partial charge in [0, 0.05) is 17.1 Å². The predicted octanol–water partition coefficient (Wildman–Crippen LogP) is 2.23. The fourth-order valence-corrected chi connectivity index (χ4v) is 1.43. The molecule has 0 N–H and O–H groups in total. The molecule has 0 bridgehead atoms. The van der Waals surface area contributed by atoms with E-state index in [4.69, 9.17) is 0 Å². The minimum Gasteiger partial charge on any atom is -0.0443 e. The standard InChI is InChI=1S/C2H6O3PS2/c1-7-4-6(3)5-8-2/h1-2H3/q+1. The lowest BCUT2D eigenvalue weighted by Gasteiger charge is -1.76. The Morgan fingerprint density at radius 3 is 1.88 bits per heavy atom. The van der Waals surface area contributed by atoms with E-state index in [0.717, 1.165) is 24.1 Å². The molecule has 0 aliphatic heterocycles. The van der Waals surface area contributed by atoms with Gasteiger partial charge in [0.2, 0.25) is 0 Å². The first-order chi connectivity index (χ1) is 3.81. The molecule has 48 valence electrons. The molecule has 0 unspecified atom stereocenters. The molecular weight excluding hydrogens is 167 g/mol. The van der Waals surface area contributed by atoms with Gasteiger partial charge in [-0.3, -0.25) is 0 Å². The molecule has 0 radical (unpaired) electrons. The highest BCUT2D eigenvalue weighted by Crippen LogP contribution is 2.32. The first kappa shape index (κ1) is 8.72. The van der Waals surface area contributed by atoms with E-state index in [9.17, 15) is 4.57 Å². The van der Waals surface area contributed by atoms with Crippen LogP contribution in [-0.4, -0.2) is 12.5 Å². The van der Waals surface area contributed by atoms with Crippen LogP contribution in [0.5, 0.6) is 0 Å². The third-order valence-corrected chi connectivity index (χ3v) is 2.44. The molecule has 0 aromatic heterocycles. The van der Waals surface area contributed by atoms with Crippen molar-refractivity contribution < 1.29 is 12.5 Å². The monoisotopic (exact) mass is 173 g/mol. The Kier molecular flexibility index (Phi) is 6.38. The van der Waals surface area contributed by atoms with E-state index >= 15 is 0 Å². The van der Waals surface area contributed by atoms with Gasteiger partial charge in [0.15, 0.2) is 0 Å². The Morgan fingerprint density at radius 2 is 1.62 bits per heavy atom. The van der Waals surface area contributed by atoms with E-state index in [1.807, 2.05) is 0 Å².